The molecule has 0 radical (unpaired) electrons. The molecule has 0 aliphatic heterocycles. The van der Waals surface area contributed by atoms with Gasteiger partial charge in [0.1, 0.15) is 17.3 Å². The van der Waals surface area contributed by atoms with Crippen LogP contribution in [0.4, 0.5) is 4.39 Å². The van der Waals surface area contributed by atoms with Crippen LogP contribution < -0.4 is 10.1 Å². The Morgan fingerprint density at radius 3 is 2.76 bits per heavy atom. The molecule has 0 saturated carbocycles. The molecule has 0 unspecified atom stereocenters. The maximum Gasteiger partial charge on any atom is 0.255 e. The number of furan rings is 1. The fraction of sp³-hybridized carbons (Fsp3) is 0.0909. The number of hydrogen-bond donors (Lipinski definition) is 2. The molecule has 0 bridgehead atoms. The normalized spacial score (nSPS) is 11.2. The van der Waals surface area contributed by atoms with Gasteiger partial charge in [-0.2, -0.15) is 5.10 Å². The summed E-state index contributed by atoms with van der Waals surface area (Å²) in [4.78, 5) is 12.7. The third kappa shape index (κ3) is 3.89. The molecule has 2 heterocycles. The topological polar surface area (TPSA) is 80.1 Å². The van der Waals surface area contributed by atoms with Crippen molar-refractivity contribution in [3.63, 3.8) is 0 Å². The van der Waals surface area contributed by atoms with Crippen molar-refractivity contribution < 1.29 is 18.3 Å². The minimum Gasteiger partial charge on any atom is -0.495 e. The second kappa shape index (κ2) is 8.02. The van der Waals surface area contributed by atoms with Crippen molar-refractivity contribution >= 4 is 29.0 Å². The number of hydrogen-bond acceptors (Lipinski definition) is 4. The van der Waals surface area contributed by atoms with Crippen molar-refractivity contribution in [1.29, 1.82) is 0 Å². The summed E-state index contributed by atoms with van der Waals surface area (Å²) in [5.41, 5.74) is 2.57. The van der Waals surface area contributed by atoms with Gasteiger partial charge in [-0.25, -0.2) is 4.39 Å². The molecule has 0 saturated heterocycles. The number of methoxy groups -OCH3 is 1. The first-order chi connectivity index (χ1) is 14.2. The van der Waals surface area contributed by atoms with E-state index in [-0.39, 0.29) is 18.3 Å². The number of fused-ring (bicyclic) bond motifs is 1. The summed E-state index contributed by atoms with van der Waals surface area (Å²) in [6, 6.07) is 13.1. The molecule has 2 N–H and O–H groups in total. The first kappa shape index (κ1) is 18.5. The molecule has 4 rings (SSSR count). The molecule has 1 amide bonds. The van der Waals surface area contributed by atoms with Crippen LogP contribution in [0.2, 0.25) is 0 Å². The van der Waals surface area contributed by atoms with Gasteiger partial charge in [0.25, 0.3) is 5.91 Å². The Hall–Kier alpha value is -3.87. The lowest BCUT2D eigenvalue weighted by atomic mass is 10.1. The summed E-state index contributed by atoms with van der Waals surface area (Å²) >= 11 is 0. The number of amides is 1. The summed E-state index contributed by atoms with van der Waals surface area (Å²) in [6.07, 6.45) is 5.16. The van der Waals surface area contributed by atoms with Crippen LogP contribution in [-0.2, 0) is 6.54 Å². The second-order valence-electron chi connectivity index (χ2n) is 6.32. The third-order valence-electron chi connectivity index (χ3n) is 4.47. The zero-order valence-corrected chi connectivity index (χ0v) is 15.6. The van der Waals surface area contributed by atoms with Gasteiger partial charge in [0, 0.05) is 0 Å². The van der Waals surface area contributed by atoms with E-state index in [0.29, 0.717) is 28.2 Å². The summed E-state index contributed by atoms with van der Waals surface area (Å²) in [6.45, 7) is 0.274. The predicted octanol–water partition coefficient (Wildman–Crippen LogP) is 4.40. The van der Waals surface area contributed by atoms with Crippen LogP contribution >= 0.6 is 0 Å². The Morgan fingerprint density at radius 2 is 2.03 bits per heavy atom. The van der Waals surface area contributed by atoms with E-state index < -0.39 is 0 Å². The molecule has 0 aliphatic rings. The van der Waals surface area contributed by atoms with E-state index in [2.05, 4.69) is 15.5 Å². The first-order valence-corrected chi connectivity index (χ1v) is 8.95. The van der Waals surface area contributed by atoms with E-state index in [0.717, 1.165) is 11.1 Å². The highest BCUT2D eigenvalue weighted by atomic mass is 19.1. The van der Waals surface area contributed by atoms with Crippen LogP contribution in [0.15, 0.2) is 59.2 Å². The number of aromatic amines is 1. The highest BCUT2D eigenvalue weighted by Crippen LogP contribution is 2.32. The Labute approximate surface area is 166 Å². The summed E-state index contributed by atoms with van der Waals surface area (Å²) < 4.78 is 23.9. The number of nitrogens with one attached hydrogen (secondary N) is 2. The lowest BCUT2D eigenvalue weighted by Gasteiger charge is -2.10. The monoisotopic (exact) mass is 391 g/mol. The summed E-state index contributed by atoms with van der Waals surface area (Å²) in [5, 5.41) is 10.8. The van der Waals surface area contributed by atoms with Gasteiger partial charge in [-0.05, 0) is 48.0 Å². The summed E-state index contributed by atoms with van der Waals surface area (Å²) in [7, 11) is 1.51. The Kier molecular flexibility index (Phi) is 5.11. The highest BCUT2D eigenvalue weighted by Gasteiger charge is 2.19. The minimum absolute atomic E-state index is 0.274. The minimum atomic E-state index is -0.292. The van der Waals surface area contributed by atoms with Crippen LogP contribution in [0.3, 0.4) is 0 Å². The van der Waals surface area contributed by atoms with Gasteiger partial charge in [-0.15, -0.1) is 0 Å². The lowest BCUT2D eigenvalue weighted by molar-refractivity contribution is 0.0945. The lowest BCUT2D eigenvalue weighted by Crippen LogP contribution is -2.23. The molecule has 146 valence electrons. The van der Waals surface area contributed by atoms with E-state index in [1.165, 1.54) is 19.2 Å². The molecule has 4 aromatic rings. The first-order valence-electron chi connectivity index (χ1n) is 8.95. The van der Waals surface area contributed by atoms with Crippen LogP contribution in [0.1, 0.15) is 27.4 Å². The third-order valence-corrected chi connectivity index (χ3v) is 4.47. The molecule has 0 aliphatic carbocycles. The van der Waals surface area contributed by atoms with Gasteiger partial charge >= 0.3 is 0 Å². The Bertz CT molecular complexity index is 1160. The fourth-order valence-corrected chi connectivity index (χ4v) is 3.04. The second-order valence-corrected chi connectivity index (χ2v) is 6.32. The fourth-order valence-electron chi connectivity index (χ4n) is 3.04. The zero-order valence-electron chi connectivity index (χ0n) is 15.6. The largest absolute Gasteiger partial charge is 0.495 e. The maximum absolute atomic E-state index is 13.1. The number of rotatable bonds is 6. The van der Waals surface area contributed by atoms with Gasteiger partial charge in [0.05, 0.1) is 42.1 Å². The smallest absolute Gasteiger partial charge is 0.255 e. The molecule has 0 spiro atoms. The van der Waals surface area contributed by atoms with Crippen LogP contribution in [0.5, 0.6) is 5.75 Å². The summed E-state index contributed by atoms with van der Waals surface area (Å²) in [5.74, 6) is 0.505. The van der Waals surface area contributed by atoms with Crippen molar-refractivity contribution in [3.8, 4) is 5.75 Å². The number of carbonyl (C=O) groups excluding carboxylic acids is 1. The molecular formula is C22H18FN3O3. The van der Waals surface area contributed by atoms with E-state index in [4.69, 9.17) is 9.15 Å². The number of benzene rings is 2. The zero-order chi connectivity index (χ0) is 20.2. The molecule has 6 nitrogen and oxygen atoms in total. The number of halogens is 1. The van der Waals surface area contributed by atoms with Crippen LogP contribution in [-0.4, -0.2) is 23.2 Å². The van der Waals surface area contributed by atoms with Crippen molar-refractivity contribution in [2.75, 3.05) is 7.11 Å². The molecule has 2 aromatic carbocycles. The van der Waals surface area contributed by atoms with Crippen molar-refractivity contribution in [2.24, 2.45) is 0 Å². The number of H-pyrrole nitrogens is 1. The van der Waals surface area contributed by atoms with E-state index in [9.17, 15) is 9.18 Å². The number of nitrogens with zero attached hydrogens (tertiary/aromatic N) is 1. The van der Waals surface area contributed by atoms with Crippen molar-refractivity contribution in [2.45, 2.75) is 6.54 Å². The number of carbonyl (C=O) groups is 1. The van der Waals surface area contributed by atoms with E-state index in [1.807, 2.05) is 6.08 Å². The predicted molar refractivity (Wildman–Crippen MR) is 108 cm³/mol. The Morgan fingerprint density at radius 1 is 1.21 bits per heavy atom. The molecule has 7 heteroatoms. The van der Waals surface area contributed by atoms with Gasteiger partial charge in [-0.3, -0.25) is 9.89 Å². The molecule has 0 fully saturated rings. The van der Waals surface area contributed by atoms with Gasteiger partial charge in [-0.1, -0.05) is 18.2 Å². The average molecular weight is 391 g/mol. The number of aromatic nitrogens is 2. The Balaban J connectivity index is 1.65. The van der Waals surface area contributed by atoms with Crippen LogP contribution in [0, 0.1) is 5.82 Å². The molecular weight excluding hydrogens is 373 g/mol. The van der Waals surface area contributed by atoms with Crippen molar-refractivity contribution in [3.05, 3.63) is 83.2 Å². The van der Waals surface area contributed by atoms with E-state index in [1.54, 1.807) is 48.7 Å². The highest BCUT2D eigenvalue weighted by molar-refractivity contribution is 6.05. The molecule has 0 atom stereocenters. The average Bonchev–Trinajstić information content (AvgIpc) is 3.40. The standard InChI is InChI=1S/C22H18FN3O3/c1-28-21-17(22(27)24-13-16-3-2-12-29-16)9-11-19-20(21)18(25-26-19)10-6-14-4-7-15(23)8-5-14/h2-12H,13H2,1H3,(H,24,27)(H,25,26)/b10-6+. The molecule has 2 aromatic heterocycles. The van der Waals surface area contributed by atoms with Gasteiger partial charge < -0.3 is 14.5 Å². The maximum atomic E-state index is 13.1. The number of ether oxygens (including phenoxy) is 1. The SMILES string of the molecule is COc1c(C(=O)NCc2ccco2)ccc2[nH]nc(/C=C/c3ccc(F)cc3)c12. The van der Waals surface area contributed by atoms with Crippen molar-refractivity contribution in [1.82, 2.24) is 15.5 Å². The quantitative estimate of drug-likeness (QED) is 0.510. The molecule has 29 heavy (non-hydrogen) atoms. The van der Waals surface area contributed by atoms with E-state index >= 15 is 0 Å². The van der Waals surface area contributed by atoms with Gasteiger partial charge in [0.15, 0.2) is 0 Å². The van der Waals surface area contributed by atoms with Crippen LogP contribution in [0.25, 0.3) is 23.1 Å². The van der Waals surface area contributed by atoms with Gasteiger partial charge in [0.2, 0.25) is 0 Å².